The quantitative estimate of drug-likeness (QED) is 0.800. The molecule has 0 aromatic carbocycles. The van der Waals surface area contributed by atoms with Gasteiger partial charge in [0.2, 0.25) is 0 Å². The minimum atomic E-state index is -0.482. The van der Waals surface area contributed by atoms with E-state index in [4.69, 9.17) is 5.73 Å². The molecule has 0 fully saturated rings. The highest BCUT2D eigenvalue weighted by molar-refractivity contribution is 7.12. The molecular weight excluding hydrogens is 280 g/mol. The second kappa shape index (κ2) is 6.31. The van der Waals surface area contributed by atoms with Gasteiger partial charge in [0, 0.05) is 19.3 Å². The van der Waals surface area contributed by atoms with Crippen LogP contribution in [0.5, 0.6) is 0 Å². The largest absolute Gasteiger partial charge is 0.465 e. The Labute approximate surface area is 119 Å². The van der Waals surface area contributed by atoms with Crippen molar-refractivity contribution in [3.05, 3.63) is 34.5 Å². The summed E-state index contributed by atoms with van der Waals surface area (Å²) in [5.74, 6) is -0.867. The number of hydrogen-bond donors (Lipinski definition) is 2. The van der Waals surface area contributed by atoms with Crippen LogP contribution in [-0.4, -0.2) is 35.1 Å². The van der Waals surface area contributed by atoms with Gasteiger partial charge < -0.3 is 20.4 Å². The molecule has 2 aromatic rings. The molecule has 2 aromatic heterocycles. The first-order valence-electron chi connectivity index (χ1n) is 5.84. The monoisotopic (exact) mass is 294 g/mol. The molecule has 0 bridgehead atoms. The Hall–Kier alpha value is -2.19. The number of aromatic nitrogens is 2. The number of nitrogens with two attached hydrogens (primary N) is 1. The van der Waals surface area contributed by atoms with E-state index in [1.165, 1.54) is 24.8 Å². The van der Waals surface area contributed by atoms with Gasteiger partial charge in [-0.25, -0.2) is 9.78 Å². The highest BCUT2D eigenvalue weighted by Crippen LogP contribution is 2.23. The molecule has 1 amide bonds. The number of carbonyl (C=O) groups excluding carboxylic acids is 2. The van der Waals surface area contributed by atoms with E-state index in [-0.39, 0.29) is 11.6 Å². The van der Waals surface area contributed by atoms with Gasteiger partial charge in [-0.05, 0) is 11.4 Å². The van der Waals surface area contributed by atoms with E-state index in [1.807, 2.05) is 0 Å². The number of ether oxygens (including phenoxy) is 1. The van der Waals surface area contributed by atoms with Gasteiger partial charge >= 0.3 is 5.97 Å². The Morgan fingerprint density at radius 3 is 3.05 bits per heavy atom. The predicted octanol–water partition coefficient (Wildman–Crippen LogP) is 0.942. The van der Waals surface area contributed by atoms with Gasteiger partial charge in [0.05, 0.1) is 19.1 Å². The number of carbonyl (C=O) groups is 2. The van der Waals surface area contributed by atoms with Gasteiger partial charge in [-0.15, -0.1) is 11.3 Å². The fourth-order valence-electron chi connectivity index (χ4n) is 1.59. The van der Waals surface area contributed by atoms with Crippen LogP contribution >= 0.6 is 11.3 Å². The van der Waals surface area contributed by atoms with Crippen LogP contribution in [0.25, 0.3) is 0 Å². The third-order valence-corrected chi connectivity index (χ3v) is 3.43. The molecule has 0 aliphatic heterocycles. The number of hydrogen-bond acceptors (Lipinski definition) is 6. The van der Waals surface area contributed by atoms with Gasteiger partial charge in [0.15, 0.2) is 0 Å². The number of nitrogens with one attached hydrogen (secondary N) is 1. The van der Waals surface area contributed by atoms with Crippen LogP contribution in [0, 0.1) is 0 Å². The lowest BCUT2D eigenvalue weighted by Gasteiger charge is -2.03. The van der Waals surface area contributed by atoms with E-state index in [0.717, 1.165) is 0 Å². The number of rotatable bonds is 5. The molecule has 8 heteroatoms. The maximum absolute atomic E-state index is 12.0. The summed E-state index contributed by atoms with van der Waals surface area (Å²) in [5, 5.41) is 4.34. The Bertz CT molecular complexity index is 620. The van der Waals surface area contributed by atoms with Crippen molar-refractivity contribution in [2.75, 3.05) is 19.0 Å². The fraction of sp³-hybridized carbons (Fsp3) is 0.250. The summed E-state index contributed by atoms with van der Waals surface area (Å²) in [5.41, 5.74) is 6.11. The van der Waals surface area contributed by atoms with E-state index in [2.05, 4.69) is 15.0 Å². The smallest absolute Gasteiger partial charge is 0.350 e. The van der Waals surface area contributed by atoms with Crippen molar-refractivity contribution >= 4 is 28.9 Å². The molecule has 3 N–H and O–H groups in total. The van der Waals surface area contributed by atoms with Crippen molar-refractivity contribution in [2.24, 2.45) is 5.73 Å². The van der Waals surface area contributed by atoms with Crippen molar-refractivity contribution in [3.63, 3.8) is 0 Å². The average molecular weight is 294 g/mol. The van der Waals surface area contributed by atoms with Crippen LogP contribution in [0.15, 0.2) is 24.0 Å². The Morgan fingerprint density at radius 2 is 2.35 bits per heavy atom. The summed E-state index contributed by atoms with van der Waals surface area (Å²) in [7, 11) is 1.29. The second-order valence-corrected chi connectivity index (χ2v) is 4.81. The van der Waals surface area contributed by atoms with E-state index in [1.54, 1.807) is 22.2 Å². The van der Waals surface area contributed by atoms with Crippen LogP contribution in [-0.2, 0) is 11.3 Å². The van der Waals surface area contributed by atoms with Crippen molar-refractivity contribution in [3.8, 4) is 0 Å². The molecular formula is C12H14N4O3S. The Balaban J connectivity index is 2.11. The zero-order valence-corrected chi connectivity index (χ0v) is 11.6. The number of nitrogens with zero attached hydrogens (tertiary/aromatic N) is 2. The average Bonchev–Trinajstić information content (AvgIpc) is 3.07. The summed E-state index contributed by atoms with van der Waals surface area (Å²) in [6.07, 6.45) is 3.14. The number of imidazole rings is 1. The molecule has 0 aliphatic carbocycles. The van der Waals surface area contributed by atoms with Crippen molar-refractivity contribution in [1.29, 1.82) is 0 Å². The van der Waals surface area contributed by atoms with E-state index < -0.39 is 5.97 Å². The lowest BCUT2D eigenvalue weighted by Crippen LogP contribution is -2.14. The zero-order valence-electron chi connectivity index (χ0n) is 10.8. The maximum atomic E-state index is 12.0. The minimum absolute atomic E-state index is 0.264. The molecule has 7 nitrogen and oxygen atoms in total. The first kappa shape index (κ1) is 14.2. The van der Waals surface area contributed by atoms with Crippen molar-refractivity contribution in [2.45, 2.75) is 6.54 Å². The van der Waals surface area contributed by atoms with Crippen LogP contribution < -0.4 is 11.1 Å². The molecule has 0 unspecified atom stereocenters. The third kappa shape index (κ3) is 3.03. The van der Waals surface area contributed by atoms with Gasteiger partial charge in [-0.1, -0.05) is 0 Å². The molecule has 2 heterocycles. The number of methoxy groups -OCH3 is 1. The fourth-order valence-corrected chi connectivity index (χ4v) is 2.36. The topological polar surface area (TPSA) is 99.2 Å². The molecule has 0 spiro atoms. The second-order valence-electron chi connectivity index (χ2n) is 3.89. The summed E-state index contributed by atoms with van der Waals surface area (Å²) in [6, 6.07) is 1.64. The standard InChI is InChI=1S/C12H14N4O3S/c1-19-12(18)10-8(2-5-20-10)15-11(17)9-6-16(4-3-13)7-14-9/h2,5-7H,3-4,13H2,1H3,(H,15,17). The third-order valence-electron chi connectivity index (χ3n) is 2.54. The first-order valence-corrected chi connectivity index (χ1v) is 6.72. The predicted molar refractivity (Wildman–Crippen MR) is 74.9 cm³/mol. The number of thiophene rings is 1. The molecule has 2 rings (SSSR count). The lowest BCUT2D eigenvalue weighted by atomic mass is 10.3. The van der Waals surface area contributed by atoms with Crippen molar-refractivity contribution < 1.29 is 14.3 Å². The SMILES string of the molecule is COC(=O)c1sccc1NC(=O)c1cn(CCN)cn1. The number of anilines is 1. The lowest BCUT2D eigenvalue weighted by molar-refractivity contribution is 0.0607. The van der Waals surface area contributed by atoms with Crippen LogP contribution in [0.4, 0.5) is 5.69 Å². The van der Waals surface area contributed by atoms with Crippen LogP contribution in [0.3, 0.4) is 0 Å². The molecule has 20 heavy (non-hydrogen) atoms. The van der Waals surface area contributed by atoms with Crippen LogP contribution in [0.2, 0.25) is 0 Å². The van der Waals surface area contributed by atoms with E-state index in [0.29, 0.717) is 23.7 Å². The van der Waals surface area contributed by atoms with Gasteiger partial charge in [0.1, 0.15) is 10.6 Å². The molecule has 0 aliphatic rings. The van der Waals surface area contributed by atoms with E-state index in [9.17, 15) is 9.59 Å². The molecule has 0 saturated carbocycles. The summed E-state index contributed by atoms with van der Waals surface area (Å²) >= 11 is 1.20. The van der Waals surface area contributed by atoms with Gasteiger partial charge in [-0.2, -0.15) is 0 Å². The summed E-state index contributed by atoms with van der Waals surface area (Å²) in [6.45, 7) is 1.06. The number of amides is 1. The van der Waals surface area contributed by atoms with Gasteiger partial charge in [-0.3, -0.25) is 4.79 Å². The van der Waals surface area contributed by atoms with Gasteiger partial charge in [0.25, 0.3) is 5.91 Å². The summed E-state index contributed by atoms with van der Waals surface area (Å²) < 4.78 is 6.37. The summed E-state index contributed by atoms with van der Waals surface area (Å²) in [4.78, 5) is 27.9. The highest BCUT2D eigenvalue weighted by atomic mass is 32.1. The molecule has 0 radical (unpaired) electrons. The normalized spacial score (nSPS) is 10.3. The number of esters is 1. The minimum Gasteiger partial charge on any atom is -0.465 e. The van der Waals surface area contributed by atoms with Crippen molar-refractivity contribution in [1.82, 2.24) is 9.55 Å². The first-order chi connectivity index (χ1) is 9.65. The molecule has 106 valence electrons. The molecule has 0 atom stereocenters. The molecule has 0 saturated heterocycles. The van der Waals surface area contributed by atoms with Crippen LogP contribution in [0.1, 0.15) is 20.2 Å². The zero-order chi connectivity index (χ0) is 14.5. The van der Waals surface area contributed by atoms with E-state index >= 15 is 0 Å². The maximum Gasteiger partial charge on any atom is 0.350 e. The highest BCUT2D eigenvalue weighted by Gasteiger charge is 2.17. The Kier molecular flexibility index (Phi) is 4.49. The Morgan fingerprint density at radius 1 is 1.55 bits per heavy atom.